The van der Waals surface area contributed by atoms with Crippen LogP contribution in [0.2, 0.25) is 25.7 Å². The maximum absolute atomic E-state index is 15.7. The molecule has 3 aromatic heterocycles. The summed E-state index contributed by atoms with van der Waals surface area (Å²) in [6.45, 7) is 12.0. The first-order valence-corrected chi connectivity index (χ1v) is 22.0. The molecular weight excluding hydrogens is 638 g/mol. The van der Waals surface area contributed by atoms with E-state index in [2.05, 4.69) is 45.5 Å². The second-order valence-electron chi connectivity index (χ2n) is 14.1. The van der Waals surface area contributed by atoms with E-state index in [0.29, 0.717) is 66.4 Å². The molecule has 3 heterocycles. The van der Waals surface area contributed by atoms with Crippen LogP contribution in [0, 0.1) is 30.6 Å². The van der Waals surface area contributed by atoms with Gasteiger partial charge in [0.15, 0.2) is 0 Å². The molecule has 2 amide bonds. The monoisotopic (exact) mass is 685 g/mol. The number of rotatable bonds is 17. The fraction of sp³-hybridized carbons (Fsp3) is 0.606. The van der Waals surface area contributed by atoms with Crippen molar-refractivity contribution in [3.05, 3.63) is 47.4 Å². The summed E-state index contributed by atoms with van der Waals surface area (Å²) in [6, 6.07) is 5.05. The molecule has 2 atom stereocenters. The van der Waals surface area contributed by atoms with E-state index in [1.54, 1.807) is 29.1 Å². The molecule has 0 aromatic carbocycles. The second-order valence-corrected chi connectivity index (χ2v) is 21.2. The highest BCUT2D eigenvalue weighted by atomic mass is 32.2. The van der Waals surface area contributed by atoms with Gasteiger partial charge in [-0.05, 0) is 81.0 Å². The minimum Gasteiger partial charge on any atom is -0.617 e. The summed E-state index contributed by atoms with van der Waals surface area (Å²) in [6.07, 6.45) is 7.81. The van der Waals surface area contributed by atoms with E-state index in [9.17, 15) is 14.1 Å². The van der Waals surface area contributed by atoms with Crippen molar-refractivity contribution in [1.29, 1.82) is 0 Å². The maximum atomic E-state index is 15.7. The Bertz CT molecular complexity index is 1550. The molecule has 1 unspecified atom stereocenters. The first-order chi connectivity index (χ1) is 22.4. The second kappa shape index (κ2) is 15.0. The van der Waals surface area contributed by atoms with Crippen molar-refractivity contribution < 1.29 is 23.3 Å². The van der Waals surface area contributed by atoms with E-state index in [-0.39, 0.29) is 11.7 Å². The Morgan fingerprint density at radius 1 is 1.15 bits per heavy atom. The third kappa shape index (κ3) is 9.09. The molecule has 11 nitrogen and oxygen atoms in total. The lowest BCUT2D eigenvalue weighted by Gasteiger charge is -2.27. The molecular formula is C33H48FN7O4SSi. The maximum Gasteiger partial charge on any atom is 0.270 e. The molecule has 2 fully saturated rings. The number of aryl methyl sites for hydroxylation is 2. The predicted octanol–water partition coefficient (Wildman–Crippen LogP) is 5.02. The largest absolute Gasteiger partial charge is 0.617 e. The van der Waals surface area contributed by atoms with Gasteiger partial charge < -0.3 is 19.9 Å². The lowest BCUT2D eigenvalue weighted by Crippen LogP contribution is -2.50. The lowest BCUT2D eigenvalue weighted by molar-refractivity contribution is -0.119. The Morgan fingerprint density at radius 2 is 1.85 bits per heavy atom. The molecule has 2 aliphatic rings. The topological polar surface area (TPSA) is 139 Å². The van der Waals surface area contributed by atoms with Crippen molar-refractivity contribution in [3.63, 3.8) is 0 Å². The van der Waals surface area contributed by atoms with Crippen LogP contribution in [-0.4, -0.2) is 73.6 Å². The Labute approximate surface area is 280 Å². The molecule has 14 heteroatoms. The lowest BCUT2D eigenvalue weighted by atomic mass is 9.88. The van der Waals surface area contributed by atoms with Crippen molar-refractivity contribution in [3.8, 4) is 11.1 Å². The molecule has 0 radical (unpaired) electrons. The van der Waals surface area contributed by atoms with Crippen molar-refractivity contribution in [2.24, 2.45) is 17.8 Å². The SMILES string of the molecule is CCc1c(-c2ccc(NC(=O)[C@@H](NC(=O)c3ccnn3CC[S+](C)[O-])C(C3CC3)C3CC3)nc2F)c(C)nn1COCC[Si](C)(C)C. The van der Waals surface area contributed by atoms with Gasteiger partial charge in [-0.3, -0.25) is 14.3 Å². The van der Waals surface area contributed by atoms with E-state index in [1.807, 2.05) is 13.8 Å². The van der Waals surface area contributed by atoms with Crippen LogP contribution in [0.1, 0.15) is 54.5 Å². The van der Waals surface area contributed by atoms with Gasteiger partial charge in [0.2, 0.25) is 11.9 Å². The molecule has 2 N–H and O–H groups in total. The number of ether oxygens (including phenoxy) is 1. The smallest absolute Gasteiger partial charge is 0.270 e. The number of aromatic nitrogens is 5. The molecule has 0 spiro atoms. The minimum atomic E-state index is -1.23. The zero-order chi connectivity index (χ0) is 33.9. The molecule has 3 aromatic rings. The van der Waals surface area contributed by atoms with Gasteiger partial charge >= 0.3 is 0 Å². The fourth-order valence-corrected chi connectivity index (χ4v) is 7.42. The third-order valence-electron chi connectivity index (χ3n) is 8.97. The van der Waals surface area contributed by atoms with Gasteiger partial charge in [0.1, 0.15) is 30.0 Å². The zero-order valence-corrected chi connectivity index (χ0v) is 30.2. The van der Waals surface area contributed by atoms with Crippen LogP contribution in [0.15, 0.2) is 24.4 Å². The summed E-state index contributed by atoms with van der Waals surface area (Å²) in [7, 11) is -1.23. The van der Waals surface area contributed by atoms with Gasteiger partial charge in [-0.2, -0.15) is 14.6 Å². The number of halogens is 1. The Morgan fingerprint density at radius 3 is 2.45 bits per heavy atom. The molecule has 2 aliphatic carbocycles. The van der Waals surface area contributed by atoms with Crippen LogP contribution in [0.4, 0.5) is 10.2 Å². The summed E-state index contributed by atoms with van der Waals surface area (Å²) in [5.41, 5.74) is 2.83. The van der Waals surface area contributed by atoms with Crippen LogP contribution in [-0.2, 0) is 40.4 Å². The molecule has 2 saturated carbocycles. The average molecular weight is 686 g/mol. The fourth-order valence-electron chi connectivity index (χ4n) is 6.23. The van der Waals surface area contributed by atoms with Crippen LogP contribution in [0.3, 0.4) is 0 Å². The Balaban J connectivity index is 1.33. The highest BCUT2D eigenvalue weighted by Crippen LogP contribution is 2.51. The number of nitrogens with zero attached hydrogens (tertiary/aromatic N) is 5. The number of amides is 2. The minimum absolute atomic E-state index is 0.0175. The quantitative estimate of drug-likeness (QED) is 0.0881. The van der Waals surface area contributed by atoms with Gasteiger partial charge in [0.05, 0.1) is 18.5 Å². The molecule has 47 heavy (non-hydrogen) atoms. The zero-order valence-electron chi connectivity index (χ0n) is 28.3. The Hall–Kier alpha value is -3.07. The molecule has 256 valence electrons. The van der Waals surface area contributed by atoms with Crippen molar-refractivity contribution in [1.82, 2.24) is 29.9 Å². The third-order valence-corrected chi connectivity index (χ3v) is 11.4. The van der Waals surface area contributed by atoms with Crippen LogP contribution in [0.25, 0.3) is 11.1 Å². The molecule has 5 rings (SSSR count). The van der Waals surface area contributed by atoms with Crippen molar-refractivity contribution in [2.45, 2.75) is 91.0 Å². The summed E-state index contributed by atoms with van der Waals surface area (Å²) < 4.78 is 36.6. The number of hydrogen-bond donors (Lipinski definition) is 2. The first kappa shape index (κ1) is 35.2. The van der Waals surface area contributed by atoms with Gasteiger partial charge in [0, 0.05) is 37.7 Å². The summed E-state index contributed by atoms with van der Waals surface area (Å²) in [5, 5.41) is 14.6. The highest BCUT2D eigenvalue weighted by Gasteiger charge is 2.48. The first-order valence-electron chi connectivity index (χ1n) is 16.6. The number of carbonyl (C=O) groups is 2. The average Bonchev–Trinajstić information content (AvgIpc) is 3.94. The number of anilines is 1. The van der Waals surface area contributed by atoms with Crippen molar-refractivity contribution in [2.75, 3.05) is 23.9 Å². The van der Waals surface area contributed by atoms with Gasteiger partial charge in [-0.1, -0.05) is 37.7 Å². The Kier molecular flexibility index (Phi) is 11.2. The number of nitrogens with one attached hydrogen (secondary N) is 2. The number of pyridine rings is 1. The standard InChI is InChI=1S/C33H48FN7O4SSi/c1-7-25-28(21(2)39-41(25)20-45-17-19-47(4,5)6)24-12-13-27(36-31(24)34)37-33(43)30(29(22-8-9-22)23-10-11-23)38-32(42)26-14-15-35-40(26)16-18-46(3)44/h12-15,22-23,29-30H,7-11,16-20H2,1-6H3,(H,38,42)(H,36,37,43)/t30-,46?/m0/s1. The van der Waals surface area contributed by atoms with Gasteiger partial charge in [-0.15, -0.1) is 0 Å². The van der Waals surface area contributed by atoms with E-state index in [4.69, 9.17) is 4.74 Å². The van der Waals surface area contributed by atoms with E-state index < -0.39 is 43.1 Å². The molecule has 0 bridgehead atoms. The van der Waals surface area contributed by atoms with Crippen LogP contribution in [0.5, 0.6) is 0 Å². The van der Waals surface area contributed by atoms with E-state index >= 15 is 4.39 Å². The summed E-state index contributed by atoms with van der Waals surface area (Å²) >= 11 is -1.04. The number of hydrogen-bond acceptors (Lipinski definition) is 7. The normalized spacial score (nSPS) is 16.4. The van der Waals surface area contributed by atoms with Crippen molar-refractivity contribution >= 4 is 36.9 Å². The van der Waals surface area contributed by atoms with E-state index in [1.165, 1.54) is 10.9 Å². The van der Waals surface area contributed by atoms with Crippen LogP contribution < -0.4 is 10.6 Å². The van der Waals surface area contributed by atoms with Gasteiger partial charge in [0.25, 0.3) is 5.91 Å². The molecule has 0 aliphatic heterocycles. The van der Waals surface area contributed by atoms with E-state index in [0.717, 1.165) is 37.4 Å². The predicted molar refractivity (Wildman–Crippen MR) is 184 cm³/mol. The van der Waals surface area contributed by atoms with Crippen LogP contribution >= 0.6 is 0 Å². The highest BCUT2D eigenvalue weighted by molar-refractivity contribution is 7.90. The number of carbonyl (C=O) groups excluding carboxylic acids is 2. The van der Waals surface area contributed by atoms with Gasteiger partial charge in [-0.25, -0.2) is 9.67 Å². The molecule has 0 saturated heterocycles. The summed E-state index contributed by atoms with van der Waals surface area (Å²) in [5.74, 6) is -0.429. The summed E-state index contributed by atoms with van der Waals surface area (Å²) in [4.78, 5) is 31.5.